The van der Waals surface area contributed by atoms with E-state index in [4.69, 9.17) is 0 Å². The van der Waals surface area contributed by atoms with Gasteiger partial charge in [0.25, 0.3) is 0 Å². The van der Waals surface area contributed by atoms with Crippen LogP contribution in [0.4, 0.5) is 0 Å². The second-order valence-electron chi connectivity index (χ2n) is 4.14. The number of hydrogen-bond acceptors (Lipinski definition) is 4. The quantitative estimate of drug-likeness (QED) is 0.346. The van der Waals surface area contributed by atoms with E-state index < -0.39 is 18.3 Å². The van der Waals surface area contributed by atoms with Gasteiger partial charge < -0.3 is 15.3 Å². The summed E-state index contributed by atoms with van der Waals surface area (Å²) in [5.41, 5.74) is 0. The third-order valence-electron chi connectivity index (χ3n) is 2.95. The average Bonchev–Trinajstić information content (AvgIpc) is 2.28. The number of rotatable bonds is 4. The van der Waals surface area contributed by atoms with E-state index in [1.54, 1.807) is 6.08 Å². The third-order valence-corrected chi connectivity index (χ3v) is 2.95. The van der Waals surface area contributed by atoms with Crippen LogP contribution in [0.25, 0.3) is 0 Å². The van der Waals surface area contributed by atoms with Crippen molar-refractivity contribution in [2.45, 2.75) is 37.7 Å². The first kappa shape index (κ1) is 27.5. The van der Waals surface area contributed by atoms with Gasteiger partial charge in [-0.15, -0.1) is 6.58 Å². The van der Waals surface area contributed by atoms with Crippen LogP contribution in [0.1, 0.15) is 13.3 Å². The van der Waals surface area contributed by atoms with Crippen LogP contribution in [0.2, 0.25) is 0 Å². The Hall–Kier alpha value is 3.64. The fourth-order valence-electron chi connectivity index (χ4n) is 2.05. The summed E-state index contributed by atoms with van der Waals surface area (Å²) in [6.45, 7) is 6.62. The smallest absolute Gasteiger partial charge is 0.109 e. The molecule has 3 N–H and O–H groups in total. The van der Waals surface area contributed by atoms with Crippen molar-refractivity contribution in [2.24, 2.45) is 0 Å². The molecule has 0 spiro atoms. The summed E-state index contributed by atoms with van der Waals surface area (Å²) >= 11 is 0. The zero-order valence-electron chi connectivity index (χ0n) is 11.4. The number of nitrogens with zero attached hydrogens (tertiary/aromatic N) is 1. The summed E-state index contributed by atoms with van der Waals surface area (Å²) in [7, 11) is 0. The predicted molar refractivity (Wildman–Crippen MR) is 63.0 cm³/mol. The average molecular weight is 908 g/mol. The zero-order valence-corrected chi connectivity index (χ0v) is 25.6. The molecule has 1 aliphatic rings. The first-order chi connectivity index (χ1) is 7.61. The molecule has 0 saturated carbocycles. The van der Waals surface area contributed by atoms with Gasteiger partial charge in [-0.05, 0) is 13.3 Å². The standard InChI is InChI=1S/C12H21NO3.3Ac/c1-3-5-7-13-8-10(14)12(16)11(15)9(13)6-4-2;;;/h3-4,6,9-12,14-16H,1,5,7-8H2,2H3;;;/b6-4+;;;/t9-,10-,11+,12+;;;/m1.../s1. The Balaban J connectivity index is -0.000000853. The molecule has 0 amide bonds. The SMILES string of the molecule is C=CCCN1C[C@@H](O)[C@H](O)[C@@H](O)[C@H]1/C=C/C.[Ac].[Ac].[Ac]. The normalized spacial score (nSPS) is 30.9. The monoisotopic (exact) mass is 908 g/mol. The third kappa shape index (κ3) is 8.89. The first-order valence-corrected chi connectivity index (χ1v) is 5.63. The molecule has 0 aliphatic carbocycles. The number of hydrogen-bond donors (Lipinski definition) is 3. The molecule has 19 heavy (non-hydrogen) atoms. The zero-order chi connectivity index (χ0) is 12.1. The van der Waals surface area contributed by atoms with Crippen molar-refractivity contribution in [3.05, 3.63) is 24.8 Å². The molecule has 0 unspecified atom stereocenters. The summed E-state index contributed by atoms with van der Waals surface area (Å²) in [5.74, 6) is 0. The Morgan fingerprint density at radius 1 is 1.16 bits per heavy atom. The second kappa shape index (κ2) is 15.2. The summed E-state index contributed by atoms with van der Waals surface area (Å²) < 4.78 is 0. The molecule has 1 fully saturated rings. The van der Waals surface area contributed by atoms with Crippen molar-refractivity contribution in [3.63, 3.8) is 0 Å². The summed E-state index contributed by atoms with van der Waals surface area (Å²) in [5, 5.41) is 29.1. The Bertz CT molecular complexity index is 267. The number of aliphatic hydroxyl groups is 3. The van der Waals surface area contributed by atoms with Crippen molar-refractivity contribution in [1.82, 2.24) is 4.90 Å². The van der Waals surface area contributed by atoms with Gasteiger partial charge in [0.15, 0.2) is 0 Å². The number of β-amino-alcohol motifs (C(OH)–C–C–N with tert-alkyl or cyclic N) is 1. The molecular formula is C12H21Ac3NO3. The fourth-order valence-corrected chi connectivity index (χ4v) is 2.05. The minimum absolute atomic E-state index is 0. The summed E-state index contributed by atoms with van der Waals surface area (Å²) in [4.78, 5) is 1.96. The van der Waals surface area contributed by atoms with Crippen molar-refractivity contribution in [1.29, 1.82) is 0 Å². The van der Waals surface area contributed by atoms with Gasteiger partial charge in [-0.1, -0.05) is 18.2 Å². The molecule has 1 aliphatic heterocycles. The van der Waals surface area contributed by atoms with Crippen LogP contribution in [0.15, 0.2) is 24.8 Å². The first-order valence-electron chi connectivity index (χ1n) is 5.63. The van der Waals surface area contributed by atoms with Gasteiger partial charge in [0.2, 0.25) is 0 Å². The van der Waals surface area contributed by atoms with Gasteiger partial charge in [-0.2, -0.15) is 0 Å². The molecule has 0 aromatic carbocycles. The molecule has 1 heterocycles. The van der Waals surface area contributed by atoms with Gasteiger partial charge in [0, 0.05) is 145 Å². The van der Waals surface area contributed by atoms with Gasteiger partial charge in [-0.3, -0.25) is 4.90 Å². The maximum atomic E-state index is 9.88. The molecule has 7 heteroatoms. The van der Waals surface area contributed by atoms with Crippen LogP contribution < -0.4 is 0 Å². The van der Waals surface area contributed by atoms with E-state index in [0.29, 0.717) is 6.54 Å². The Morgan fingerprint density at radius 2 is 1.74 bits per heavy atom. The number of piperidine rings is 1. The minimum Gasteiger partial charge on any atom is -0.389 e. The van der Waals surface area contributed by atoms with E-state index in [0.717, 1.165) is 13.0 Å². The molecule has 4 atom stereocenters. The van der Waals surface area contributed by atoms with Gasteiger partial charge >= 0.3 is 0 Å². The Kier molecular flexibility index (Phi) is 22.0. The second-order valence-corrected chi connectivity index (χ2v) is 4.14. The van der Waals surface area contributed by atoms with Gasteiger partial charge in [-0.25, -0.2) is 0 Å². The molecule has 0 aromatic rings. The maximum Gasteiger partial charge on any atom is 0.109 e. The van der Waals surface area contributed by atoms with Crippen molar-refractivity contribution in [2.75, 3.05) is 13.1 Å². The predicted octanol–water partition coefficient (Wildman–Crippen LogP) is -0.0945. The molecule has 4 nitrogen and oxygen atoms in total. The van der Waals surface area contributed by atoms with E-state index in [-0.39, 0.29) is 138 Å². The summed E-state index contributed by atoms with van der Waals surface area (Å²) in [6.07, 6.45) is 3.40. The van der Waals surface area contributed by atoms with E-state index in [1.807, 2.05) is 24.0 Å². The van der Waals surface area contributed by atoms with Crippen molar-refractivity contribution >= 4 is 0 Å². The van der Waals surface area contributed by atoms with Gasteiger partial charge in [0.1, 0.15) is 12.2 Å². The van der Waals surface area contributed by atoms with E-state index >= 15 is 0 Å². The minimum atomic E-state index is -1.07. The number of aliphatic hydroxyl groups excluding tert-OH is 3. The largest absolute Gasteiger partial charge is 0.389 e. The summed E-state index contributed by atoms with van der Waals surface area (Å²) in [6, 6.07) is -0.233. The molecule has 3 radical (unpaired) electrons. The van der Waals surface area contributed by atoms with Crippen LogP contribution in [0.5, 0.6) is 0 Å². The van der Waals surface area contributed by atoms with Crippen LogP contribution in [-0.4, -0.2) is 57.7 Å². The van der Waals surface area contributed by atoms with Crippen LogP contribution >= 0.6 is 0 Å². The molecule has 101 valence electrons. The van der Waals surface area contributed by atoms with E-state index in [2.05, 4.69) is 6.58 Å². The molecule has 1 saturated heterocycles. The van der Waals surface area contributed by atoms with E-state index in [9.17, 15) is 15.3 Å². The number of allylic oxidation sites excluding steroid dienone is 1. The molecule has 0 bridgehead atoms. The van der Waals surface area contributed by atoms with Gasteiger partial charge in [0.05, 0.1) is 12.1 Å². The molecule has 1 rings (SSSR count). The van der Waals surface area contributed by atoms with Crippen LogP contribution in [0, 0.1) is 132 Å². The van der Waals surface area contributed by atoms with Crippen LogP contribution in [0.3, 0.4) is 0 Å². The molecule has 0 aromatic heterocycles. The van der Waals surface area contributed by atoms with E-state index in [1.165, 1.54) is 0 Å². The Labute approximate surface area is 223 Å². The number of likely N-dealkylation sites (tertiary alicyclic amines) is 1. The topological polar surface area (TPSA) is 63.9 Å². The van der Waals surface area contributed by atoms with Crippen molar-refractivity contribution < 1.29 is 148 Å². The fraction of sp³-hybridized carbons (Fsp3) is 0.667. The Morgan fingerprint density at radius 3 is 2.21 bits per heavy atom. The molecular weight excluding hydrogens is 887 g/mol. The maximum absolute atomic E-state index is 9.88. The van der Waals surface area contributed by atoms with Crippen LogP contribution in [-0.2, 0) is 0 Å². The van der Waals surface area contributed by atoms with Crippen molar-refractivity contribution in [3.8, 4) is 0 Å².